The summed E-state index contributed by atoms with van der Waals surface area (Å²) in [6.45, 7) is 10.0. The van der Waals surface area contributed by atoms with Crippen molar-refractivity contribution >= 4 is 5.91 Å². The molecule has 0 saturated heterocycles. The number of carbonyl (C=O) groups is 1. The summed E-state index contributed by atoms with van der Waals surface area (Å²) < 4.78 is 5.43. The Morgan fingerprint density at radius 2 is 2.10 bits per heavy atom. The molecular formula is C16H27N3O2. The first kappa shape index (κ1) is 17.4. The number of ether oxygens (including phenoxy) is 1. The Morgan fingerprint density at radius 3 is 2.67 bits per heavy atom. The van der Waals surface area contributed by atoms with Crippen LogP contribution in [0.25, 0.3) is 0 Å². The van der Waals surface area contributed by atoms with E-state index in [0.717, 1.165) is 25.2 Å². The molecule has 0 spiro atoms. The number of nitrogens with one attached hydrogen (secondary N) is 2. The van der Waals surface area contributed by atoms with Crippen LogP contribution in [0, 0.1) is 5.92 Å². The summed E-state index contributed by atoms with van der Waals surface area (Å²) in [7, 11) is 0. The number of pyridine rings is 1. The van der Waals surface area contributed by atoms with Crippen molar-refractivity contribution < 1.29 is 9.53 Å². The van der Waals surface area contributed by atoms with E-state index >= 15 is 0 Å². The molecule has 0 aliphatic heterocycles. The molecule has 1 unspecified atom stereocenters. The van der Waals surface area contributed by atoms with E-state index in [-0.39, 0.29) is 18.6 Å². The maximum atomic E-state index is 11.7. The van der Waals surface area contributed by atoms with Gasteiger partial charge in [0, 0.05) is 12.6 Å². The molecule has 1 aromatic heterocycles. The Bertz CT molecular complexity index is 418. The first-order valence-electron chi connectivity index (χ1n) is 7.60. The number of hydrogen-bond donors (Lipinski definition) is 2. The Hall–Kier alpha value is -1.62. The second kappa shape index (κ2) is 9.34. The van der Waals surface area contributed by atoms with Gasteiger partial charge in [-0.1, -0.05) is 20.8 Å². The average molecular weight is 293 g/mol. The van der Waals surface area contributed by atoms with Crippen LogP contribution in [-0.2, 0) is 11.3 Å². The maximum Gasteiger partial charge on any atom is 0.258 e. The quantitative estimate of drug-likeness (QED) is 0.685. The highest BCUT2D eigenvalue weighted by Gasteiger charge is 2.11. The van der Waals surface area contributed by atoms with Gasteiger partial charge < -0.3 is 15.4 Å². The summed E-state index contributed by atoms with van der Waals surface area (Å²) in [5.74, 6) is 0.914. The lowest BCUT2D eigenvalue weighted by atomic mass is 10.1. The molecule has 0 aromatic carbocycles. The summed E-state index contributed by atoms with van der Waals surface area (Å²) in [5, 5.41) is 6.19. The van der Waals surface area contributed by atoms with Crippen molar-refractivity contribution in [3.63, 3.8) is 0 Å². The lowest BCUT2D eigenvalue weighted by molar-refractivity contribution is -0.124. The van der Waals surface area contributed by atoms with Gasteiger partial charge in [0.1, 0.15) is 5.75 Å². The second-order valence-corrected chi connectivity index (χ2v) is 5.55. The fourth-order valence-corrected chi connectivity index (χ4v) is 1.61. The standard InChI is InChI=1S/C16H27N3O2/c1-5-8-17-9-14-6-7-15(10-18-14)21-11-16(20)19-13(4)12(2)3/h6-7,10,12-13,17H,5,8-9,11H2,1-4H3,(H,19,20). The van der Waals surface area contributed by atoms with Crippen LogP contribution in [0.3, 0.4) is 0 Å². The lowest BCUT2D eigenvalue weighted by Gasteiger charge is -2.17. The average Bonchev–Trinajstić information content (AvgIpc) is 2.46. The number of amides is 1. The smallest absolute Gasteiger partial charge is 0.258 e. The number of hydrogen-bond acceptors (Lipinski definition) is 4. The summed E-state index contributed by atoms with van der Waals surface area (Å²) in [6, 6.07) is 3.90. The van der Waals surface area contributed by atoms with E-state index < -0.39 is 0 Å². The number of carbonyl (C=O) groups excluding carboxylic acids is 1. The predicted molar refractivity (Wildman–Crippen MR) is 84.2 cm³/mol. The zero-order valence-corrected chi connectivity index (χ0v) is 13.5. The van der Waals surface area contributed by atoms with Crippen molar-refractivity contribution in [1.29, 1.82) is 0 Å². The third-order valence-corrected chi connectivity index (χ3v) is 3.29. The zero-order chi connectivity index (χ0) is 15.7. The highest BCUT2D eigenvalue weighted by atomic mass is 16.5. The van der Waals surface area contributed by atoms with Crippen LogP contribution in [0.4, 0.5) is 0 Å². The maximum absolute atomic E-state index is 11.7. The van der Waals surface area contributed by atoms with E-state index in [4.69, 9.17) is 4.74 Å². The van der Waals surface area contributed by atoms with Crippen molar-refractivity contribution in [3.8, 4) is 5.75 Å². The molecule has 1 atom stereocenters. The predicted octanol–water partition coefficient (Wildman–Crippen LogP) is 2.12. The molecule has 1 aromatic rings. The fourth-order valence-electron chi connectivity index (χ4n) is 1.61. The molecule has 1 heterocycles. The summed E-state index contributed by atoms with van der Waals surface area (Å²) >= 11 is 0. The molecule has 5 nitrogen and oxygen atoms in total. The van der Waals surface area contributed by atoms with E-state index in [9.17, 15) is 4.79 Å². The molecule has 0 aliphatic rings. The van der Waals surface area contributed by atoms with Gasteiger partial charge >= 0.3 is 0 Å². The Balaban J connectivity index is 2.33. The van der Waals surface area contributed by atoms with Crippen molar-refractivity contribution in [2.45, 2.75) is 46.7 Å². The monoisotopic (exact) mass is 293 g/mol. The normalized spacial score (nSPS) is 12.2. The topological polar surface area (TPSA) is 63.2 Å². The van der Waals surface area contributed by atoms with Crippen LogP contribution in [-0.4, -0.2) is 30.1 Å². The molecule has 0 radical (unpaired) electrons. The van der Waals surface area contributed by atoms with E-state index in [1.54, 1.807) is 6.20 Å². The highest BCUT2D eigenvalue weighted by molar-refractivity contribution is 5.77. The SMILES string of the molecule is CCCNCc1ccc(OCC(=O)NC(C)C(C)C)cn1. The molecule has 118 valence electrons. The van der Waals surface area contributed by atoms with E-state index in [0.29, 0.717) is 11.7 Å². The number of nitrogens with zero attached hydrogens (tertiary/aromatic N) is 1. The Morgan fingerprint density at radius 1 is 1.33 bits per heavy atom. The minimum absolute atomic E-state index is 0.0200. The summed E-state index contributed by atoms with van der Waals surface area (Å²) in [4.78, 5) is 16.0. The Kier molecular flexibility index (Phi) is 7.75. The van der Waals surface area contributed by atoms with Crippen LogP contribution >= 0.6 is 0 Å². The van der Waals surface area contributed by atoms with E-state index in [1.165, 1.54) is 0 Å². The Labute approximate surface area is 127 Å². The van der Waals surface area contributed by atoms with Crippen molar-refractivity contribution in [2.24, 2.45) is 5.92 Å². The van der Waals surface area contributed by atoms with Crippen molar-refractivity contribution in [1.82, 2.24) is 15.6 Å². The molecule has 0 aliphatic carbocycles. The minimum atomic E-state index is -0.107. The van der Waals surface area contributed by atoms with Crippen LogP contribution in [0.1, 0.15) is 39.8 Å². The van der Waals surface area contributed by atoms with Gasteiger partial charge in [0.05, 0.1) is 11.9 Å². The largest absolute Gasteiger partial charge is 0.482 e. The first-order chi connectivity index (χ1) is 10.0. The van der Waals surface area contributed by atoms with Gasteiger partial charge in [0.2, 0.25) is 0 Å². The third kappa shape index (κ3) is 7.09. The lowest BCUT2D eigenvalue weighted by Crippen LogP contribution is -2.38. The van der Waals surface area contributed by atoms with Crippen LogP contribution < -0.4 is 15.4 Å². The van der Waals surface area contributed by atoms with E-state index in [1.807, 2.05) is 19.1 Å². The molecule has 5 heteroatoms. The van der Waals surface area contributed by atoms with Gasteiger partial charge in [0.25, 0.3) is 5.91 Å². The van der Waals surface area contributed by atoms with Gasteiger partial charge in [-0.15, -0.1) is 0 Å². The van der Waals surface area contributed by atoms with Gasteiger partial charge in [-0.05, 0) is 37.9 Å². The van der Waals surface area contributed by atoms with Gasteiger partial charge in [-0.2, -0.15) is 0 Å². The van der Waals surface area contributed by atoms with Crippen LogP contribution in [0.15, 0.2) is 18.3 Å². The van der Waals surface area contributed by atoms with E-state index in [2.05, 4.69) is 36.4 Å². The van der Waals surface area contributed by atoms with Gasteiger partial charge in [-0.3, -0.25) is 9.78 Å². The van der Waals surface area contributed by atoms with Crippen molar-refractivity contribution in [3.05, 3.63) is 24.0 Å². The van der Waals surface area contributed by atoms with Crippen LogP contribution in [0.2, 0.25) is 0 Å². The molecular weight excluding hydrogens is 266 g/mol. The number of aromatic nitrogens is 1. The van der Waals surface area contributed by atoms with Gasteiger partial charge in [0.15, 0.2) is 6.61 Å². The summed E-state index contributed by atoms with van der Waals surface area (Å²) in [6.07, 6.45) is 2.76. The molecule has 1 rings (SSSR count). The molecule has 2 N–H and O–H groups in total. The van der Waals surface area contributed by atoms with Crippen LogP contribution in [0.5, 0.6) is 5.75 Å². The summed E-state index contributed by atoms with van der Waals surface area (Å²) in [5.41, 5.74) is 0.966. The molecule has 1 amide bonds. The fraction of sp³-hybridized carbons (Fsp3) is 0.625. The number of rotatable bonds is 9. The second-order valence-electron chi connectivity index (χ2n) is 5.55. The minimum Gasteiger partial charge on any atom is -0.482 e. The highest BCUT2D eigenvalue weighted by Crippen LogP contribution is 2.09. The first-order valence-corrected chi connectivity index (χ1v) is 7.60. The van der Waals surface area contributed by atoms with Gasteiger partial charge in [-0.25, -0.2) is 0 Å². The molecule has 0 fully saturated rings. The zero-order valence-electron chi connectivity index (χ0n) is 13.5. The van der Waals surface area contributed by atoms with Crippen molar-refractivity contribution in [2.75, 3.05) is 13.2 Å². The molecule has 21 heavy (non-hydrogen) atoms. The molecule has 0 saturated carbocycles. The molecule has 0 bridgehead atoms. The third-order valence-electron chi connectivity index (χ3n) is 3.29.